The maximum absolute atomic E-state index is 12.1. The quantitative estimate of drug-likeness (QED) is 0.871. The van der Waals surface area contributed by atoms with E-state index in [1.54, 1.807) is 19.3 Å². The number of anilines is 1. The van der Waals surface area contributed by atoms with Crippen molar-refractivity contribution >= 4 is 23.3 Å². The van der Waals surface area contributed by atoms with Gasteiger partial charge in [-0.05, 0) is 43.1 Å². The second-order valence-electron chi connectivity index (χ2n) is 5.62. The Balaban J connectivity index is 1.62. The molecule has 2 fully saturated rings. The lowest BCUT2D eigenvalue weighted by atomic mass is 10.0. The summed E-state index contributed by atoms with van der Waals surface area (Å²) in [6, 6.07) is 1.66. The number of nitrogens with zero attached hydrogens (tertiary/aromatic N) is 1. The first-order valence-electron chi connectivity index (χ1n) is 6.76. The molecule has 4 nitrogen and oxygen atoms in total. The molecule has 0 saturated heterocycles. The molecule has 0 aliphatic heterocycles. The van der Waals surface area contributed by atoms with Gasteiger partial charge in [0.05, 0.1) is 10.6 Å². The summed E-state index contributed by atoms with van der Waals surface area (Å²) < 4.78 is 0. The minimum Gasteiger partial charge on any atom is -0.372 e. The summed E-state index contributed by atoms with van der Waals surface area (Å²) >= 11 is 6.03. The highest BCUT2D eigenvalue weighted by Crippen LogP contribution is 2.60. The molecule has 0 unspecified atom stereocenters. The minimum absolute atomic E-state index is 0.0796. The highest BCUT2D eigenvalue weighted by molar-refractivity contribution is 6.33. The van der Waals surface area contributed by atoms with Crippen LogP contribution in [0, 0.1) is 11.3 Å². The molecule has 102 valence electrons. The molecule has 0 aromatic carbocycles. The largest absolute Gasteiger partial charge is 0.372 e. The van der Waals surface area contributed by atoms with Crippen LogP contribution in [0.15, 0.2) is 12.3 Å². The van der Waals surface area contributed by atoms with Gasteiger partial charge in [0.25, 0.3) is 5.91 Å². The van der Waals surface area contributed by atoms with Crippen LogP contribution in [0.4, 0.5) is 5.82 Å². The van der Waals surface area contributed by atoms with Gasteiger partial charge >= 0.3 is 0 Å². The van der Waals surface area contributed by atoms with Crippen molar-refractivity contribution in [1.82, 2.24) is 10.3 Å². The average Bonchev–Trinajstić information content (AvgIpc) is 3.28. The third-order valence-corrected chi connectivity index (χ3v) is 4.56. The Hall–Kier alpha value is -1.29. The van der Waals surface area contributed by atoms with E-state index in [-0.39, 0.29) is 5.91 Å². The van der Waals surface area contributed by atoms with Crippen molar-refractivity contribution in [2.45, 2.75) is 25.7 Å². The Morgan fingerprint density at radius 1 is 1.53 bits per heavy atom. The molecule has 1 amide bonds. The predicted octanol–water partition coefficient (Wildman–Crippen LogP) is 2.70. The van der Waals surface area contributed by atoms with E-state index in [2.05, 4.69) is 15.6 Å². The van der Waals surface area contributed by atoms with Crippen LogP contribution in [-0.2, 0) is 0 Å². The van der Waals surface area contributed by atoms with E-state index in [0.717, 1.165) is 12.5 Å². The third kappa shape index (κ3) is 2.54. The third-order valence-electron chi connectivity index (χ3n) is 4.28. The zero-order chi connectivity index (χ0) is 13.5. The number of carbonyl (C=O) groups excluding carboxylic acids is 1. The van der Waals surface area contributed by atoms with Crippen LogP contribution >= 0.6 is 11.6 Å². The first-order chi connectivity index (χ1) is 9.14. The Bertz CT molecular complexity index is 509. The van der Waals surface area contributed by atoms with E-state index in [9.17, 15) is 4.79 Å². The maximum atomic E-state index is 12.1. The molecule has 3 rings (SSSR count). The van der Waals surface area contributed by atoms with Crippen molar-refractivity contribution in [3.8, 4) is 0 Å². The summed E-state index contributed by atoms with van der Waals surface area (Å²) in [6.07, 6.45) is 6.75. The highest BCUT2D eigenvalue weighted by atomic mass is 35.5. The van der Waals surface area contributed by atoms with Gasteiger partial charge in [0, 0.05) is 19.8 Å². The zero-order valence-corrected chi connectivity index (χ0v) is 11.8. The van der Waals surface area contributed by atoms with Crippen LogP contribution in [0.25, 0.3) is 0 Å². The van der Waals surface area contributed by atoms with Crippen molar-refractivity contribution in [3.05, 3.63) is 22.8 Å². The summed E-state index contributed by atoms with van der Waals surface area (Å²) in [4.78, 5) is 16.2. The van der Waals surface area contributed by atoms with Gasteiger partial charge in [0.2, 0.25) is 0 Å². The molecule has 0 radical (unpaired) electrons. The van der Waals surface area contributed by atoms with Gasteiger partial charge in [-0.25, -0.2) is 4.98 Å². The normalized spacial score (nSPS) is 19.9. The molecular formula is C14H18ClN3O. The lowest BCUT2D eigenvalue weighted by molar-refractivity contribution is 0.0942. The van der Waals surface area contributed by atoms with E-state index in [4.69, 9.17) is 11.6 Å². The fraction of sp³-hybridized carbons (Fsp3) is 0.571. The van der Waals surface area contributed by atoms with Crippen LogP contribution in [0.2, 0.25) is 5.02 Å². The van der Waals surface area contributed by atoms with Gasteiger partial charge < -0.3 is 10.6 Å². The summed E-state index contributed by atoms with van der Waals surface area (Å²) in [5.74, 6) is 1.36. The molecule has 5 heteroatoms. The molecule has 1 aromatic rings. The molecular weight excluding hydrogens is 262 g/mol. The second-order valence-corrected chi connectivity index (χ2v) is 6.03. The fourth-order valence-electron chi connectivity index (χ4n) is 2.69. The van der Waals surface area contributed by atoms with Crippen molar-refractivity contribution in [1.29, 1.82) is 0 Å². The minimum atomic E-state index is -0.0796. The Morgan fingerprint density at radius 3 is 2.79 bits per heavy atom. The smallest absolute Gasteiger partial charge is 0.252 e. The molecule has 2 saturated carbocycles. The first-order valence-corrected chi connectivity index (χ1v) is 7.14. The fourth-order valence-corrected chi connectivity index (χ4v) is 2.95. The maximum Gasteiger partial charge on any atom is 0.252 e. The second kappa shape index (κ2) is 4.67. The summed E-state index contributed by atoms with van der Waals surface area (Å²) in [5.41, 5.74) is 0.938. The molecule has 2 N–H and O–H groups in total. The van der Waals surface area contributed by atoms with Gasteiger partial charge in [-0.3, -0.25) is 4.79 Å². The average molecular weight is 280 g/mol. The zero-order valence-electron chi connectivity index (χ0n) is 11.0. The molecule has 2 aliphatic rings. The molecule has 2 aliphatic carbocycles. The van der Waals surface area contributed by atoms with E-state index in [1.165, 1.54) is 25.7 Å². The van der Waals surface area contributed by atoms with Crippen LogP contribution in [0.3, 0.4) is 0 Å². The molecule has 0 bridgehead atoms. The van der Waals surface area contributed by atoms with Crippen LogP contribution in [0.1, 0.15) is 36.0 Å². The molecule has 1 heterocycles. The summed E-state index contributed by atoms with van der Waals surface area (Å²) in [7, 11) is 1.75. The Morgan fingerprint density at radius 2 is 2.26 bits per heavy atom. The topological polar surface area (TPSA) is 54.0 Å². The Labute approximate surface area is 117 Å². The van der Waals surface area contributed by atoms with Crippen LogP contribution in [0.5, 0.6) is 0 Å². The van der Waals surface area contributed by atoms with E-state index in [0.29, 0.717) is 21.8 Å². The Kier molecular flexibility index (Phi) is 3.13. The molecule has 19 heavy (non-hydrogen) atoms. The number of amides is 1. The van der Waals surface area contributed by atoms with Gasteiger partial charge in [-0.2, -0.15) is 0 Å². The van der Waals surface area contributed by atoms with Gasteiger partial charge in [-0.1, -0.05) is 11.6 Å². The number of hydrogen-bond donors (Lipinski definition) is 2. The number of aromatic nitrogens is 1. The first kappa shape index (κ1) is 12.7. The van der Waals surface area contributed by atoms with Gasteiger partial charge in [0.1, 0.15) is 5.82 Å². The number of carbonyl (C=O) groups is 1. The summed E-state index contributed by atoms with van der Waals surface area (Å²) in [6.45, 7) is 0.794. The number of rotatable bonds is 5. The standard InChI is InChI=1S/C14H18ClN3O/c1-16-12-11(15)6-9(7-17-12)13(19)18-8-14(4-5-14)10-2-3-10/h6-7,10H,2-5,8H2,1H3,(H,16,17)(H,18,19). The van der Waals surface area contributed by atoms with E-state index < -0.39 is 0 Å². The lowest BCUT2D eigenvalue weighted by Crippen LogP contribution is -2.31. The van der Waals surface area contributed by atoms with E-state index >= 15 is 0 Å². The van der Waals surface area contributed by atoms with Crippen LogP contribution in [-0.4, -0.2) is 24.5 Å². The number of hydrogen-bond acceptors (Lipinski definition) is 3. The number of pyridine rings is 1. The van der Waals surface area contributed by atoms with Crippen LogP contribution < -0.4 is 10.6 Å². The predicted molar refractivity (Wildman–Crippen MR) is 75.5 cm³/mol. The molecule has 0 spiro atoms. The van der Waals surface area contributed by atoms with Crippen molar-refractivity contribution < 1.29 is 4.79 Å². The van der Waals surface area contributed by atoms with Crippen molar-refractivity contribution in [2.24, 2.45) is 11.3 Å². The highest BCUT2D eigenvalue weighted by Gasteiger charge is 2.53. The SMILES string of the molecule is CNc1ncc(C(=O)NCC2(C3CC3)CC2)cc1Cl. The molecule has 0 atom stereocenters. The van der Waals surface area contributed by atoms with Gasteiger partial charge in [-0.15, -0.1) is 0 Å². The summed E-state index contributed by atoms with van der Waals surface area (Å²) in [5, 5.41) is 6.38. The van der Waals surface area contributed by atoms with Crippen molar-refractivity contribution in [2.75, 3.05) is 18.9 Å². The van der Waals surface area contributed by atoms with Crippen molar-refractivity contribution in [3.63, 3.8) is 0 Å². The lowest BCUT2D eigenvalue weighted by Gasteiger charge is -2.15. The number of halogens is 1. The van der Waals surface area contributed by atoms with E-state index in [1.807, 2.05) is 0 Å². The number of nitrogens with one attached hydrogen (secondary N) is 2. The van der Waals surface area contributed by atoms with Gasteiger partial charge in [0.15, 0.2) is 0 Å². The molecule has 1 aromatic heterocycles. The monoisotopic (exact) mass is 279 g/mol.